The highest BCUT2D eigenvalue weighted by atomic mass is 35.5. The van der Waals surface area contributed by atoms with Gasteiger partial charge in [0.15, 0.2) is 0 Å². The van der Waals surface area contributed by atoms with Crippen LogP contribution in [0.3, 0.4) is 0 Å². The van der Waals surface area contributed by atoms with Crippen molar-refractivity contribution >= 4 is 17.5 Å². The van der Waals surface area contributed by atoms with Gasteiger partial charge in [-0.25, -0.2) is 0 Å². The molecule has 2 unspecified atom stereocenters. The maximum Gasteiger partial charge on any atom is 0.237 e. The molecule has 0 saturated heterocycles. The molecule has 0 heterocycles. The predicted octanol–water partition coefficient (Wildman–Crippen LogP) is 2.33. The second-order valence-electron chi connectivity index (χ2n) is 4.22. The standard InChI is InChI=1S/C13H19ClN2O/c1-3-9(2)12(15)13(17)16-8-10-6-4-5-7-11(10)14/h4-7,9,12H,3,8,15H2,1-2H3,(H,16,17). The van der Waals surface area contributed by atoms with Crippen LogP contribution in [0.15, 0.2) is 24.3 Å². The Hall–Kier alpha value is -1.06. The number of hydrogen-bond acceptors (Lipinski definition) is 2. The van der Waals surface area contributed by atoms with E-state index in [4.69, 9.17) is 17.3 Å². The van der Waals surface area contributed by atoms with Gasteiger partial charge < -0.3 is 11.1 Å². The van der Waals surface area contributed by atoms with Crippen LogP contribution in [0.1, 0.15) is 25.8 Å². The maximum absolute atomic E-state index is 11.7. The minimum atomic E-state index is -0.456. The molecule has 0 aliphatic heterocycles. The molecular weight excluding hydrogens is 236 g/mol. The van der Waals surface area contributed by atoms with Gasteiger partial charge in [0.05, 0.1) is 6.04 Å². The number of nitrogens with one attached hydrogen (secondary N) is 1. The van der Waals surface area contributed by atoms with E-state index in [1.807, 2.05) is 32.0 Å². The fraction of sp³-hybridized carbons (Fsp3) is 0.462. The number of halogens is 1. The molecule has 0 fully saturated rings. The normalized spacial score (nSPS) is 14.1. The van der Waals surface area contributed by atoms with Crippen LogP contribution in [0.4, 0.5) is 0 Å². The predicted molar refractivity (Wildman–Crippen MR) is 70.7 cm³/mol. The van der Waals surface area contributed by atoms with E-state index in [-0.39, 0.29) is 11.8 Å². The Morgan fingerprint density at radius 1 is 1.47 bits per heavy atom. The molecule has 0 radical (unpaired) electrons. The molecule has 1 aromatic carbocycles. The van der Waals surface area contributed by atoms with Gasteiger partial charge in [0, 0.05) is 11.6 Å². The highest BCUT2D eigenvalue weighted by Crippen LogP contribution is 2.14. The van der Waals surface area contributed by atoms with Crippen molar-refractivity contribution in [2.24, 2.45) is 11.7 Å². The van der Waals surface area contributed by atoms with Gasteiger partial charge in [-0.15, -0.1) is 0 Å². The van der Waals surface area contributed by atoms with E-state index in [9.17, 15) is 4.79 Å². The van der Waals surface area contributed by atoms with Crippen molar-refractivity contribution in [3.63, 3.8) is 0 Å². The van der Waals surface area contributed by atoms with Crippen molar-refractivity contribution in [3.05, 3.63) is 34.9 Å². The Kier molecular flexibility index (Phi) is 5.45. The molecule has 0 saturated carbocycles. The van der Waals surface area contributed by atoms with Gasteiger partial charge in [-0.1, -0.05) is 50.1 Å². The lowest BCUT2D eigenvalue weighted by atomic mass is 9.99. The SMILES string of the molecule is CCC(C)C(N)C(=O)NCc1ccccc1Cl. The van der Waals surface area contributed by atoms with Crippen molar-refractivity contribution in [1.82, 2.24) is 5.32 Å². The summed E-state index contributed by atoms with van der Waals surface area (Å²) in [6, 6.07) is 6.98. The molecule has 0 aromatic heterocycles. The molecule has 0 aliphatic carbocycles. The summed E-state index contributed by atoms with van der Waals surface area (Å²) < 4.78 is 0. The van der Waals surface area contributed by atoms with Crippen molar-refractivity contribution < 1.29 is 4.79 Å². The van der Waals surface area contributed by atoms with Gasteiger partial charge in [0.1, 0.15) is 0 Å². The van der Waals surface area contributed by atoms with E-state index in [2.05, 4.69) is 5.32 Å². The van der Waals surface area contributed by atoms with Crippen LogP contribution >= 0.6 is 11.6 Å². The second-order valence-corrected chi connectivity index (χ2v) is 4.63. The molecule has 3 nitrogen and oxygen atoms in total. The Morgan fingerprint density at radius 3 is 2.71 bits per heavy atom. The van der Waals surface area contributed by atoms with Crippen LogP contribution in [-0.2, 0) is 11.3 Å². The Morgan fingerprint density at radius 2 is 2.12 bits per heavy atom. The van der Waals surface area contributed by atoms with Crippen molar-refractivity contribution in [1.29, 1.82) is 0 Å². The molecule has 1 amide bonds. The molecule has 17 heavy (non-hydrogen) atoms. The van der Waals surface area contributed by atoms with E-state index in [1.54, 1.807) is 6.07 Å². The molecule has 3 N–H and O–H groups in total. The van der Waals surface area contributed by atoms with Crippen LogP contribution in [0.5, 0.6) is 0 Å². The summed E-state index contributed by atoms with van der Waals surface area (Å²) in [5.41, 5.74) is 6.73. The lowest BCUT2D eigenvalue weighted by Crippen LogP contribution is -2.44. The summed E-state index contributed by atoms with van der Waals surface area (Å²) in [6.07, 6.45) is 0.890. The van der Waals surface area contributed by atoms with Crippen LogP contribution < -0.4 is 11.1 Å². The van der Waals surface area contributed by atoms with Crippen molar-refractivity contribution in [3.8, 4) is 0 Å². The van der Waals surface area contributed by atoms with Crippen molar-refractivity contribution in [2.45, 2.75) is 32.9 Å². The summed E-state index contributed by atoms with van der Waals surface area (Å²) in [5.74, 6) is 0.0560. The lowest BCUT2D eigenvalue weighted by Gasteiger charge is -2.17. The summed E-state index contributed by atoms with van der Waals surface area (Å²) in [7, 11) is 0. The first-order valence-corrected chi connectivity index (χ1v) is 6.20. The Labute approximate surface area is 107 Å². The van der Waals surface area contributed by atoms with Gasteiger partial charge in [0.2, 0.25) is 5.91 Å². The summed E-state index contributed by atoms with van der Waals surface area (Å²) in [4.78, 5) is 11.7. The molecule has 0 spiro atoms. The van der Waals surface area contributed by atoms with E-state index < -0.39 is 6.04 Å². The van der Waals surface area contributed by atoms with Gasteiger partial charge in [-0.05, 0) is 17.5 Å². The fourth-order valence-electron chi connectivity index (χ4n) is 1.45. The smallest absolute Gasteiger partial charge is 0.237 e. The third-order valence-electron chi connectivity index (χ3n) is 2.97. The number of nitrogens with two attached hydrogens (primary N) is 1. The largest absolute Gasteiger partial charge is 0.351 e. The second kappa shape index (κ2) is 6.62. The monoisotopic (exact) mass is 254 g/mol. The maximum atomic E-state index is 11.7. The first-order chi connectivity index (χ1) is 8.06. The number of amides is 1. The van der Waals surface area contributed by atoms with Gasteiger partial charge in [0.25, 0.3) is 0 Å². The average Bonchev–Trinajstić information content (AvgIpc) is 2.35. The van der Waals surface area contributed by atoms with E-state index in [0.717, 1.165) is 12.0 Å². The molecule has 0 bridgehead atoms. The number of rotatable bonds is 5. The van der Waals surface area contributed by atoms with Crippen LogP contribution in [-0.4, -0.2) is 11.9 Å². The first-order valence-electron chi connectivity index (χ1n) is 5.83. The summed E-state index contributed by atoms with van der Waals surface area (Å²) in [5, 5.41) is 3.46. The molecule has 94 valence electrons. The fourth-order valence-corrected chi connectivity index (χ4v) is 1.66. The molecule has 0 aliphatic rings. The van der Waals surface area contributed by atoms with E-state index in [0.29, 0.717) is 11.6 Å². The van der Waals surface area contributed by atoms with E-state index >= 15 is 0 Å². The molecule has 2 atom stereocenters. The first kappa shape index (κ1) is 14.0. The molecular formula is C13H19ClN2O. The van der Waals surface area contributed by atoms with Crippen LogP contribution in [0, 0.1) is 5.92 Å². The zero-order valence-electron chi connectivity index (χ0n) is 10.2. The zero-order valence-corrected chi connectivity index (χ0v) is 11.0. The van der Waals surface area contributed by atoms with Gasteiger partial charge >= 0.3 is 0 Å². The number of hydrogen-bond donors (Lipinski definition) is 2. The summed E-state index contributed by atoms with van der Waals surface area (Å²) in [6.45, 7) is 4.41. The zero-order chi connectivity index (χ0) is 12.8. The van der Waals surface area contributed by atoms with E-state index in [1.165, 1.54) is 0 Å². The third-order valence-corrected chi connectivity index (χ3v) is 3.34. The minimum absolute atomic E-state index is 0.126. The Bertz CT molecular complexity index is 381. The number of carbonyl (C=O) groups excluding carboxylic acids is 1. The topological polar surface area (TPSA) is 55.1 Å². The van der Waals surface area contributed by atoms with Crippen LogP contribution in [0.2, 0.25) is 5.02 Å². The van der Waals surface area contributed by atoms with Crippen molar-refractivity contribution in [2.75, 3.05) is 0 Å². The molecule has 1 rings (SSSR count). The molecule has 4 heteroatoms. The lowest BCUT2D eigenvalue weighted by molar-refractivity contribution is -0.123. The number of carbonyl (C=O) groups is 1. The Balaban J connectivity index is 2.51. The molecule has 1 aromatic rings. The van der Waals surface area contributed by atoms with Gasteiger partial charge in [-0.2, -0.15) is 0 Å². The van der Waals surface area contributed by atoms with Crippen LogP contribution in [0.25, 0.3) is 0 Å². The number of benzene rings is 1. The highest BCUT2D eigenvalue weighted by molar-refractivity contribution is 6.31. The average molecular weight is 255 g/mol. The minimum Gasteiger partial charge on any atom is -0.351 e. The highest BCUT2D eigenvalue weighted by Gasteiger charge is 2.18. The van der Waals surface area contributed by atoms with Gasteiger partial charge in [-0.3, -0.25) is 4.79 Å². The summed E-state index contributed by atoms with van der Waals surface area (Å²) >= 11 is 5.99. The quantitative estimate of drug-likeness (QED) is 0.847. The third kappa shape index (κ3) is 4.02.